The maximum Gasteiger partial charge on any atom is 0.405 e. The number of nitrogens with zero attached hydrogens (tertiary/aromatic N) is 2. The number of halogens is 1. The van der Waals surface area contributed by atoms with Crippen molar-refractivity contribution < 1.29 is 37.8 Å². The normalized spacial score (nSPS) is 11.1. The number of hydrogen-bond donors (Lipinski definition) is 0. The van der Waals surface area contributed by atoms with Gasteiger partial charge in [0.1, 0.15) is 5.69 Å². The molecule has 0 N–H and O–H groups in total. The second kappa shape index (κ2) is 7.83. The summed E-state index contributed by atoms with van der Waals surface area (Å²) >= 11 is 0. The number of fused-ring (bicyclic) bond motifs is 1. The first-order valence-corrected chi connectivity index (χ1v) is 9.11. The Kier molecular flexibility index (Phi) is 5.50. The fourth-order valence-electron chi connectivity index (χ4n) is 2.62. The van der Waals surface area contributed by atoms with E-state index < -0.39 is 10.2 Å². The summed E-state index contributed by atoms with van der Waals surface area (Å²) in [6.45, 7) is 2.03. The zero-order valence-corrected chi connectivity index (χ0v) is 15.0. The van der Waals surface area contributed by atoms with Gasteiger partial charge in [-0.1, -0.05) is 60.7 Å². The maximum atomic E-state index is 8.49. The molecule has 0 atom stereocenters. The van der Waals surface area contributed by atoms with E-state index in [4.69, 9.17) is 28.2 Å². The van der Waals surface area contributed by atoms with Gasteiger partial charge in [-0.15, -0.1) is 10.2 Å². The predicted molar refractivity (Wildman–Crippen MR) is 85.3 cm³/mol. The third-order valence-corrected chi connectivity index (χ3v) is 3.76. The molecule has 0 bridgehead atoms. The molecule has 138 valence electrons. The average molecular weight is 387 g/mol. The molecule has 0 amide bonds. The standard InChI is InChI=1S/C19H15N2O.ClHO4/c1-14-19(16-10-6-3-7-11-16)22-18-13-12-17(20-21(14)18)15-8-4-2-5-9-15;2-1(3,4)5/h2-13H,1H3;(H,2,3,4,5)/q+1;/p-1. The molecule has 0 radical (unpaired) electrons. The fraction of sp³-hybridized carbons (Fsp3) is 0.0526. The van der Waals surface area contributed by atoms with Crippen LogP contribution in [-0.2, 0) is 0 Å². The smallest absolute Gasteiger partial charge is 0.396 e. The minimum atomic E-state index is -4.94. The van der Waals surface area contributed by atoms with Gasteiger partial charge in [0.25, 0.3) is 5.69 Å². The van der Waals surface area contributed by atoms with Crippen molar-refractivity contribution in [2.45, 2.75) is 6.92 Å². The van der Waals surface area contributed by atoms with Gasteiger partial charge in [0, 0.05) is 23.1 Å². The van der Waals surface area contributed by atoms with E-state index in [9.17, 15) is 0 Å². The van der Waals surface area contributed by atoms with Crippen LogP contribution in [0.15, 0.2) is 77.2 Å². The van der Waals surface area contributed by atoms with Crippen LogP contribution in [0.2, 0.25) is 0 Å². The molecule has 0 fully saturated rings. The van der Waals surface area contributed by atoms with E-state index in [1.807, 2.05) is 72.1 Å². The topological polar surface area (TPSA) is 122 Å². The average Bonchev–Trinajstić information content (AvgIpc) is 2.98. The highest BCUT2D eigenvalue weighted by Gasteiger charge is 2.22. The summed E-state index contributed by atoms with van der Waals surface area (Å²) in [6, 6.07) is 24.2. The number of benzene rings is 2. The summed E-state index contributed by atoms with van der Waals surface area (Å²) in [5.41, 5.74) is 4.84. The van der Waals surface area contributed by atoms with Crippen LogP contribution in [0.3, 0.4) is 0 Å². The molecule has 0 spiro atoms. The lowest BCUT2D eigenvalue weighted by Gasteiger charge is -2.17. The van der Waals surface area contributed by atoms with E-state index in [-0.39, 0.29) is 0 Å². The monoisotopic (exact) mass is 386 g/mol. The molecule has 0 aliphatic carbocycles. The van der Waals surface area contributed by atoms with E-state index in [0.717, 1.165) is 34.0 Å². The van der Waals surface area contributed by atoms with Gasteiger partial charge in [-0.2, -0.15) is 0 Å². The lowest BCUT2D eigenvalue weighted by atomic mass is 10.1. The molecule has 4 rings (SSSR count). The van der Waals surface area contributed by atoms with Crippen LogP contribution in [0.1, 0.15) is 5.69 Å². The van der Waals surface area contributed by atoms with Gasteiger partial charge in [-0.05, 0) is 10.6 Å². The highest BCUT2D eigenvalue weighted by Crippen LogP contribution is 2.24. The molecule has 2 aromatic carbocycles. The molecule has 0 saturated heterocycles. The van der Waals surface area contributed by atoms with Crippen molar-refractivity contribution in [3.05, 3.63) is 78.5 Å². The molecular formula is C19H15ClN2O5. The molecule has 2 heterocycles. The minimum Gasteiger partial charge on any atom is -0.396 e. The molecule has 2 aromatic heterocycles. The van der Waals surface area contributed by atoms with Gasteiger partial charge in [0.2, 0.25) is 5.76 Å². The van der Waals surface area contributed by atoms with Gasteiger partial charge >= 0.3 is 5.71 Å². The molecule has 4 aromatic rings. The summed E-state index contributed by atoms with van der Waals surface area (Å²) in [5, 5.41) is 4.71. The van der Waals surface area contributed by atoms with E-state index >= 15 is 0 Å². The van der Waals surface area contributed by atoms with Crippen LogP contribution >= 0.6 is 0 Å². The Hall–Kier alpha value is -2.81. The Bertz CT molecular complexity index is 1020. The third-order valence-electron chi connectivity index (χ3n) is 3.76. The van der Waals surface area contributed by atoms with Crippen molar-refractivity contribution in [3.8, 4) is 22.6 Å². The van der Waals surface area contributed by atoms with E-state index in [2.05, 4.69) is 12.1 Å². The van der Waals surface area contributed by atoms with Crippen molar-refractivity contribution >= 4 is 5.71 Å². The van der Waals surface area contributed by atoms with Crippen LogP contribution in [-0.4, -0.2) is 5.10 Å². The molecule has 0 unspecified atom stereocenters. The van der Waals surface area contributed by atoms with Gasteiger partial charge in [-0.25, -0.2) is 18.6 Å². The lowest BCUT2D eigenvalue weighted by molar-refractivity contribution is -2.00. The van der Waals surface area contributed by atoms with Crippen molar-refractivity contribution in [2.24, 2.45) is 0 Å². The van der Waals surface area contributed by atoms with Gasteiger partial charge in [0.05, 0.1) is 6.07 Å². The Balaban J connectivity index is 0.000000376. The van der Waals surface area contributed by atoms with Crippen LogP contribution in [0.25, 0.3) is 28.3 Å². The third kappa shape index (κ3) is 4.88. The van der Waals surface area contributed by atoms with Crippen molar-refractivity contribution in [3.63, 3.8) is 0 Å². The Morgan fingerprint density at radius 2 is 1.30 bits per heavy atom. The summed E-state index contributed by atoms with van der Waals surface area (Å²) in [4.78, 5) is 0. The zero-order chi connectivity index (χ0) is 19.4. The quantitative estimate of drug-likeness (QED) is 0.420. The number of aromatic nitrogens is 2. The highest BCUT2D eigenvalue weighted by molar-refractivity contribution is 5.61. The second-order valence-electron chi connectivity index (χ2n) is 5.60. The summed E-state index contributed by atoms with van der Waals surface area (Å²) in [7, 11) is -4.94. The Morgan fingerprint density at radius 3 is 1.85 bits per heavy atom. The fourth-order valence-corrected chi connectivity index (χ4v) is 2.62. The van der Waals surface area contributed by atoms with E-state index in [0.29, 0.717) is 0 Å². The van der Waals surface area contributed by atoms with Crippen molar-refractivity contribution in [1.29, 1.82) is 0 Å². The highest BCUT2D eigenvalue weighted by atomic mass is 35.7. The van der Waals surface area contributed by atoms with E-state index in [1.165, 1.54) is 0 Å². The molecule has 0 aliphatic heterocycles. The van der Waals surface area contributed by atoms with Crippen molar-refractivity contribution in [1.82, 2.24) is 5.10 Å². The first kappa shape index (κ1) is 19.0. The van der Waals surface area contributed by atoms with Crippen LogP contribution < -0.4 is 23.2 Å². The molecule has 0 saturated carbocycles. The number of aryl methyl sites for hydroxylation is 1. The van der Waals surface area contributed by atoms with E-state index in [1.54, 1.807) is 0 Å². The first-order valence-electron chi connectivity index (χ1n) is 7.88. The molecule has 27 heavy (non-hydrogen) atoms. The molecule has 7 nitrogen and oxygen atoms in total. The SMILES string of the molecule is Cc1c(-c2ccccc2)oc2ccc(-c3ccccc3)n[n+]12.[O-][Cl+3]([O-])([O-])[O-]. The minimum absolute atomic E-state index is 0.746. The van der Waals surface area contributed by atoms with Gasteiger partial charge < -0.3 is 4.42 Å². The zero-order valence-electron chi connectivity index (χ0n) is 14.2. The Morgan fingerprint density at radius 1 is 0.778 bits per heavy atom. The summed E-state index contributed by atoms with van der Waals surface area (Å²) < 4.78 is 41.8. The summed E-state index contributed by atoms with van der Waals surface area (Å²) in [5.74, 6) is 0.860. The van der Waals surface area contributed by atoms with Crippen LogP contribution in [0.4, 0.5) is 0 Å². The summed E-state index contributed by atoms with van der Waals surface area (Å²) in [6.07, 6.45) is 0. The van der Waals surface area contributed by atoms with Gasteiger partial charge in [-0.3, -0.25) is 0 Å². The molecular weight excluding hydrogens is 372 g/mol. The number of oxazole rings is 1. The van der Waals surface area contributed by atoms with Crippen molar-refractivity contribution in [2.75, 3.05) is 0 Å². The largest absolute Gasteiger partial charge is 0.405 e. The Labute approximate surface area is 157 Å². The van der Waals surface area contributed by atoms with Crippen LogP contribution in [0, 0.1) is 17.2 Å². The second-order valence-corrected chi connectivity index (χ2v) is 6.35. The van der Waals surface area contributed by atoms with Crippen LogP contribution in [0.5, 0.6) is 0 Å². The molecule has 8 heteroatoms. The maximum absolute atomic E-state index is 8.49. The van der Waals surface area contributed by atoms with Gasteiger partial charge in [0.15, 0.2) is 0 Å². The predicted octanol–water partition coefficient (Wildman–Crippen LogP) is -0.700. The number of rotatable bonds is 2. The molecule has 0 aliphatic rings. The lowest BCUT2D eigenvalue weighted by Crippen LogP contribution is -2.68. The first-order chi connectivity index (χ1) is 12.8. The number of hydrogen-bond acceptors (Lipinski definition) is 6.